The minimum atomic E-state index is -0.128. The van der Waals surface area contributed by atoms with E-state index in [9.17, 15) is 4.79 Å². The van der Waals surface area contributed by atoms with Crippen molar-refractivity contribution in [3.05, 3.63) is 29.3 Å². The van der Waals surface area contributed by atoms with Crippen molar-refractivity contribution in [1.29, 1.82) is 0 Å². The van der Waals surface area contributed by atoms with Crippen LogP contribution in [0.3, 0.4) is 0 Å². The molecule has 2 rings (SSSR count). The van der Waals surface area contributed by atoms with Gasteiger partial charge in [-0.25, -0.2) is 0 Å². The van der Waals surface area contributed by atoms with Crippen LogP contribution < -0.4 is 11.1 Å². The number of amides is 1. The number of anilines is 1. The minimum Gasteiger partial charge on any atom is -0.393 e. The summed E-state index contributed by atoms with van der Waals surface area (Å²) in [4.78, 5) is 11.9. The van der Waals surface area contributed by atoms with Crippen LogP contribution in [-0.2, 0) is 17.6 Å². The second kappa shape index (κ2) is 5.27. The zero-order chi connectivity index (χ0) is 12.3. The number of hydrogen-bond donors (Lipinski definition) is 2. The van der Waals surface area contributed by atoms with Crippen LogP contribution in [0.25, 0.3) is 0 Å². The van der Waals surface area contributed by atoms with Crippen LogP contribution in [0.15, 0.2) is 18.2 Å². The first-order chi connectivity index (χ1) is 8.16. The molecule has 4 heteroatoms. The molecule has 0 fully saturated rings. The molecule has 0 saturated heterocycles. The zero-order valence-corrected chi connectivity index (χ0v) is 10.5. The fraction of sp³-hybridized carbons (Fsp3) is 0.385. The number of rotatable bonds is 3. The Labute approximate surface area is 106 Å². The van der Waals surface area contributed by atoms with Gasteiger partial charge in [0.05, 0.1) is 11.4 Å². The van der Waals surface area contributed by atoms with Gasteiger partial charge in [0.1, 0.15) is 0 Å². The number of benzene rings is 1. The van der Waals surface area contributed by atoms with Gasteiger partial charge < -0.3 is 11.1 Å². The van der Waals surface area contributed by atoms with Crippen LogP contribution in [0.1, 0.15) is 30.4 Å². The highest BCUT2D eigenvalue weighted by atomic mass is 32.1. The van der Waals surface area contributed by atoms with E-state index in [1.54, 1.807) is 0 Å². The number of nitrogens with one attached hydrogen (secondary N) is 1. The van der Waals surface area contributed by atoms with Gasteiger partial charge in [0, 0.05) is 5.69 Å². The summed E-state index contributed by atoms with van der Waals surface area (Å²) in [7, 11) is 0. The Morgan fingerprint density at radius 1 is 1.35 bits per heavy atom. The van der Waals surface area contributed by atoms with E-state index in [0.29, 0.717) is 0 Å². The van der Waals surface area contributed by atoms with Gasteiger partial charge in [-0.05, 0) is 42.9 Å². The van der Waals surface area contributed by atoms with Crippen LogP contribution >= 0.6 is 12.2 Å². The van der Waals surface area contributed by atoms with Crippen molar-refractivity contribution in [3.8, 4) is 0 Å². The lowest BCUT2D eigenvalue weighted by atomic mass is 9.90. The topological polar surface area (TPSA) is 55.1 Å². The number of hydrogen-bond acceptors (Lipinski definition) is 2. The van der Waals surface area contributed by atoms with E-state index < -0.39 is 0 Å². The molecular formula is C13H16N2OS. The summed E-state index contributed by atoms with van der Waals surface area (Å²) in [5.74, 6) is -0.128. The Bertz CT molecular complexity index is 457. The number of nitrogens with two attached hydrogens (primary N) is 1. The van der Waals surface area contributed by atoms with Crippen LogP contribution in [0.5, 0.6) is 0 Å². The summed E-state index contributed by atoms with van der Waals surface area (Å²) in [6.07, 6.45) is 4.68. The Hall–Kier alpha value is -1.42. The lowest BCUT2D eigenvalue weighted by Gasteiger charge is -2.19. The number of thiocarbonyl (C=S) groups is 1. The van der Waals surface area contributed by atoms with Crippen molar-refractivity contribution < 1.29 is 4.79 Å². The van der Waals surface area contributed by atoms with Gasteiger partial charge >= 0.3 is 0 Å². The van der Waals surface area contributed by atoms with Gasteiger partial charge in [-0.1, -0.05) is 24.4 Å². The maximum absolute atomic E-state index is 11.6. The van der Waals surface area contributed by atoms with Gasteiger partial charge in [0.25, 0.3) is 0 Å². The quantitative estimate of drug-likeness (QED) is 0.806. The van der Waals surface area contributed by atoms with Gasteiger partial charge in [0.2, 0.25) is 5.91 Å². The predicted molar refractivity (Wildman–Crippen MR) is 73.1 cm³/mol. The molecule has 3 nitrogen and oxygen atoms in total. The summed E-state index contributed by atoms with van der Waals surface area (Å²) in [6.45, 7) is 0. The van der Waals surface area contributed by atoms with Crippen molar-refractivity contribution in [3.63, 3.8) is 0 Å². The molecule has 0 aromatic heterocycles. The summed E-state index contributed by atoms with van der Waals surface area (Å²) in [5, 5.41) is 2.89. The van der Waals surface area contributed by atoms with E-state index in [1.807, 2.05) is 12.1 Å². The lowest BCUT2D eigenvalue weighted by molar-refractivity contribution is -0.115. The van der Waals surface area contributed by atoms with E-state index in [0.717, 1.165) is 18.5 Å². The molecule has 1 amide bonds. The maximum Gasteiger partial charge on any atom is 0.231 e. The number of aryl methyl sites for hydroxylation is 1. The fourth-order valence-electron chi connectivity index (χ4n) is 2.25. The molecule has 90 valence electrons. The standard InChI is InChI=1S/C13H16N2OS/c14-12(17)8-13(16)15-11-7-3-5-9-4-1-2-6-10(9)11/h3,5,7H,1-2,4,6,8H2,(H2,14,17)(H,15,16). The molecule has 0 bridgehead atoms. The van der Waals surface area contributed by atoms with Gasteiger partial charge in [-0.3, -0.25) is 4.79 Å². The van der Waals surface area contributed by atoms with Crippen LogP contribution in [0.2, 0.25) is 0 Å². The van der Waals surface area contributed by atoms with Crippen molar-refractivity contribution in [2.75, 3.05) is 5.32 Å². The normalized spacial score (nSPS) is 13.9. The zero-order valence-electron chi connectivity index (χ0n) is 9.66. The van der Waals surface area contributed by atoms with E-state index in [4.69, 9.17) is 18.0 Å². The Morgan fingerprint density at radius 2 is 2.12 bits per heavy atom. The van der Waals surface area contributed by atoms with E-state index in [1.165, 1.54) is 24.0 Å². The third-order valence-electron chi connectivity index (χ3n) is 3.00. The average Bonchev–Trinajstić information content (AvgIpc) is 2.28. The molecule has 0 saturated carbocycles. The van der Waals surface area contributed by atoms with Crippen molar-refractivity contribution >= 4 is 28.8 Å². The maximum atomic E-state index is 11.6. The molecule has 1 aromatic carbocycles. The number of fused-ring (bicyclic) bond motifs is 1. The molecule has 1 aliphatic carbocycles. The highest BCUT2D eigenvalue weighted by Gasteiger charge is 2.14. The van der Waals surface area contributed by atoms with Crippen molar-refractivity contribution in [2.24, 2.45) is 5.73 Å². The van der Waals surface area contributed by atoms with Crippen molar-refractivity contribution in [1.82, 2.24) is 0 Å². The molecule has 0 atom stereocenters. The second-order valence-electron chi connectivity index (χ2n) is 4.34. The predicted octanol–water partition coefficient (Wildman–Crippen LogP) is 2.18. The molecule has 0 heterocycles. The summed E-state index contributed by atoms with van der Waals surface area (Å²) >= 11 is 4.73. The second-order valence-corrected chi connectivity index (χ2v) is 4.87. The van der Waals surface area contributed by atoms with E-state index in [2.05, 4.69) is 11.4 Å². The van der Waals surface area contributed by atoms with Gasteiger partial charge in [-0.2, -0.15) is 0 Å². The largest absolute Gasteiger partial charge is 0.393 e. The van der Waals surface area contributed by atoms with Crippen LogP contribution in [-0.4, -0.2) is 10.9 Å². The highest BCUT2D eigenvalue weighted by Crippen LogP contribution is 2.27. The fourth-order valence-corrected chi connectivity index (χ4v) is 2.38. The molecule has 1 aromatic rings. The van der Waals surface area contributed by atoms with Gasteiger partial charge in [-0.15, -0.1) is 0 Å². The first-order valence-corrected chi connectivity index (χ1v) is 6.26. The van der Waals surface area contributed by atoms with Crippen LogP contribution in [0, 0.1) is 0 Å². The molecule has 0 unspecified atom stereocenters. The minimum absolute atomic E-state index is 0.110. The molecular weight excluding hydrogens is 232 g/mol. The van der Waals surface area contributed by atoms with Crippen molar-refractivity contribution in [2.45, 2.75) is 32.1 Å². The Morgan fingerprint density at radius 3 is 2.88 bits per heavy atom. The van der Waals surface area contributed by atoms with Gasteiger partial charge in [0.15, 0.2) is 0 Å². The number of carbonyl (C=O) groups excluding carboxylic acids is 1. The smallest absolute Gasteiger partial charge is 0.231 e. The van der Waals surface area contributed by atoms with Crippen LogP contribution in [0.4, 0.5) is 5.69 Å². The third kappa shape index (κ3) is 3.03. The number of carbonyl (C=O) groups is 1. The molecule has 0 radical (unpaired) electrons. The average molecular weight is 248 g/mol. The molecule has 3 N–H and O–H groups in total. The third-order valence-corrected chi connectivity index (χ3v) is 3.15. The summed E-state index contributed by atoms with van der Waals surface area (Å²) in [6, 6.07) is 6.07. The molecule has 0 aliphatic heterocycles. The highest BCUT2D eigenvalue weighted by molar-refractivity contribution is 7.80. The molecule has 17 heavy (non-hydrogen) atoms. The lowest BCUT2D eigenvalue weighted by Crippen LogP contribution is -2.21. The Kier molecular flexibility index (Phi) is 3.74. The van der Waals surface area contributed by atoms with E-state index >= 15 is 0 Å². The Balaban J connectivity index is 2.16. The summed E-state index contributed by atoms with van der Waals surface area (Å²) in [5.41, 5.74) is 8.90. The first kappa shape index (κ1) is 12.0. The molecule has 1 aliphatic rings. The SMILES string of the molecule is NC(=S)CC(=O)Nc1cccc2c1CCCC2. The monoisotopic (exact) mass is 248 g/mol. The summed E-state index contributed by atoms with van der Waals surface area (Å²) < 4.78 is 0. The molecule has 0 spiro atoms. The van der Waals surface area contributed by atoms with E-state index in [-0.39, 0.29) is 17.3 Å². The first-order valence-electron chi connectivity index (χ1n) is 5.86.